The van der Waals surface area contributed by atoms with E-state index in [4.69, 9.17) is 4.74 Å². The molecular weight excluding hydrogens is 322 g/mol. The maximum Gasteiger partial charge on any atom is 0.336 e. The van der Waals surface area contributed by atoms with Crippen LogP contribution in [-0.4, -0.2) is 22.6 Å². The molecule has 0 aliphatic carbocycles. The first-order valence-electron chi connectivity index (χ1n) is 7.77. The molecule has 0 bridgehead atoms. The summed E-state index contributed by atoms with van der Waals surface area (Å²) in [5.74, 6) is -0.409. The van der Waals surface area contributed by atoms with Crippen LogP contribution in [0.3, 0.4) is 0 Å². The Morgan fingerprint density at radius 3 is 2.48 bits per heavy atom. The summed E-state index contributed by atoms with van der Waals surface area (Å²) < 4.78 is 5.46. The number of benzene rings is 2. The minimum Gasteiger partial charge on any atom is -0.494 e. The van der Waals surface area contributed by atoms with Gasteiger partial charge in [0.05, 0.1) is 17.1 Å². The van der Waals surface area contributed by atoms with Gasteiger partial charge in [-0.3, -0.25) is 10.1 Å². The first kappa shape index (κ1) is 18.2. The van der Waals surface area contributed by atoms with Gasteiger partial charge < -0.3 is 9.84 Å². The number of aryl methyl sites for hydroxylation is 2. The zero-order chi connectivity index (χ0) is 18.6. The normalized spacial score (nSPS) is 11.2. The molecule has 0 amide bonds. The van der Waals surface area contributed by atoms with Gasteiger partial charge in [0.25, 0.3) is 5.69 Å². The minimum atomic E-state index is -1.10. The quantitative estimate of drug-likeness (QED) is 0.367. The van der Waals surface area contributed by atoms with Crippen LogP contribution in [0.25, 0.3) is 11.6 Å². The lowest BCUT2D eigenvalue weighted by Gasteiger charge is -2.10. The van der Waals surface area contributed by atoms with E-state index in [1.807, 2.05) is 13.8 Å². The van der Waals surface area contributed by atoms with Crippen molar-refractivity contribution >= 4 is 23.3 Å². The van der Waals surface area contributed by atoms with Crippen LogP contribution in [0, 0.1) is 24.0 Å². The molecule has 6 heteroatoms. The van der Waals surface area contributed by atoms with Crippen LogP contribution in [0.15, 0.2) is 36.4 Å². The molecule has 0 unspecified atom stereocenters. The van der Waals surface area contributed by atoms with E-state index in [0.717, 1.165) is 5.56 Å². The van der Waals surface area contributed by atoms with Gasteiger partial charge in [0.1, 0.15) is 5.75 Å². The molecule has 0 fully saturated rings. The predicted molar refractivity (Wildman–Crippen MR) is 95.7 cm³/mol. The smallest absolute Gasteiger partial charge is 0.336 e. The molecule has 0 heterocycles. The molecule has 1 N–H and O–H groups in total. The van der Waals surface area contributed by atoms with Gasteiger partial charge in [-0.1, -0.05) is 18.2 Å². The molecule has 0 aliphatic rings. The van der Waals surface area contributed by atoms with E-state index >= 15 is 0 Å². The Labute approximate surface area is 145 Å². The molecule has 0 atom stereocenters. The lowest BCUT2D eigenvalue weighted by Crippen LogP contribution is -2.01. The number of hydrogen-bond acceptors (Lipinski definition) is 4. The molecule has 6 nitrogen and oxygen atoms in total. The predicted octanol–water partition coefficient (Wildman–Crippen LogP) is 4.24. The topological polar surface area (TPSA) is 89.7 Å². The number of carboxylic acid groups (broad SMARTS) is 1. The number of carbonyl (C=O) groups is 1. The van der Waals surface area contributed by atoms with Crippen LogP contribution < -0.4 is 4.74 Å². The third-order valence-corrected chi connectivity index (χ3v) is 3.76. The molecule has 2 aromatic rings. The molecule has 130 valence electrons. The largest absolute Gasteiger partial charge is 0.494 e. The highest BCUT2D eigenvalue weighted by molar-refractivity contribution is 6.20. The maximum atomic E-state index is 11.7. The van der Waals surface area contributed by atoms with Crippen LogP contribution in [-0.2, 0) is 4.79 Å². The number of nitro benzene ring substituents is 1. The number of ether oxygens (including phenoxy) is 1. The lowest BCUT2D eigenvalue weighted by molar-refractivity contribution is -0.385. The van der Waals surface area contributed by atoms with Crippen molar-refractivity contribution in [2.75, 3.05) is 6.61 Å². The van der Waals surface area contributed by atoms with Gasteiger partial charge >= 0.3 is 5.97 Å². The van der Waals surface area contributed by atoms with Gasteiger partial charge in [-0.25, -0.2) is 4.79 Å². The second-order valence-corrected chi connectivity index (χ2v) is 5.58. The molecule has 0 aromatic heterocycles. The van der Waals surface area contributed by atoms with Crippen LogP contribution in [0.1, 0.15) is 29.2 Å². The van der Waals surface area contributed by atoms with Gasteiger partial charge in [-0.05, 0) is 55.7 Å². The van der Waals surface area contributed by atoms with Crippen molar-refractivity contribution in [3.63, 3.8) is 0 Å². The summed E-state index contributed by atoms with van der Waals surface area (Å²) in [6.07, 6.45) is 1.43. The van der Waals surface area contributed by atoms with E-state index in [2.05, 4.69) is 0 Å². The maximum absolute atomic E-state index is 11.7. The third-order valence-electron chi connectivity index (χ3n) is 3.76. The Kier molecular flexibility index (Phi) is 5.54. The van der Waals surface area contributed by atoms with Crippen molar-refractivity contribution in [2.24, 2.45) is 0 Å². The van der Waals surface area contributed by atoms with Gasteiger partial charge in [0.15, 0.2) is 0 Å². The molecule has 0 saturated carbocycles. The Balaban J connectivity index is 2.50. The number of nitro groups is 1. The van der Waals surface area contributed by atoms with Crippen LogP contribution in [0.4, 0.5) is 5.69 Å². The summed E-state index contributed by atoms with van der Waals surface area (Å²) >= 11 is 0. The van der Waals surface area contributed by atoms with E-state index in [1.165, 1.54) is 12.1 Å². The molecule has 0 radical (unpaired) electrons. The number of carboxylic acids is 1. The summed E-state index contributed by atoms with van der Waals surface area (Å²) in [4.78, 5) is 22.3. The molecule has 2 aromatic carbocycles. The van der Waals surface area contributed by atoms with Crippen LogP contribution in [0.5, 0.6) is 5.75 Å². The minimum absolute atomic E-state index is 0.0404. The van der Waals surface area contributed by atoms with Crippen molar-refractivity contribution in [3.8, 4) is 5.75 Å². The fourth-order valence-electron chi connectivity index (χ4n) is 2.48. The molecular formula is C19H19NO5. The van der Waals surface area contributed by atoms with Crippen molar-refractivity contribution in [2.45, 2.75) is 20.8 Å². The SMILES string of the molecule is CCOc1ccc(/C(=C/c2ccc(C)c([N+](=O)[O-])c2)C(=O)O)cc1C. The second kappa shape index (κ2) is 7.61. The lowest BCUT2D eigenvalue weighted by atomic mass is 10.00. The summed E-state index contributed by atoms with van der Waals surface area (Å²) in [5.41, 5.74) is 2.33. The van der Waals surface area contributed by atoms with E-state index in [1.54, 1.807) is 37.3 Å². The highest BCUT2D eigenvalue weighted by Gasteiger charge is 2.15. The fraction of sp³-hybridized carbons (Fsp3) is 0.211. The fourth-order valence-corrected chi connectivity index (χ4v) is 2.48. The molecule has 2 rings (SSSR count). The highest BCUT2D eigenvalue weighted by Crippen LogP contribution is 2.27. The second-order valence-electron chi connectivity index (χ2n) is 5.58. The van der Waals surface area contributed by atoms with Crippen LogP contribution in [0.2, 0.25) is 0 Å². The van der Waals surface area contributed by atoms with Crippen molar-refractivity contribution in [1.82, 2.24) is 0 Å². The van der Waals surface area contributed by atoms with Crippen molar-refractivity contribution in [1.29, 1.82) is 0 Å². The summed E-state index contributed by atoms with van der Waals surface area (Å²) in [7, 11) is 0. The molecule has 0 saturated heterocycles. The van der Waals surface area contributed by atoms with Gasteiger partial charge in [0, 0.05) is 11.6 Å². The molecule has 0 aliphatic heterocycles. The van der Waals surface area contributed by atoms with E-state index in [-0.39, 0.29) is 11.3 Å². The zero-order valence-electron chi connectivity index (χ0n) is 14.3. The number of hydrogen-bond donors (Lipinski definition) is 1. The Morgan fingerprint density at radius 1 is 1.20 bits per heavy atom. The van der Waals surface area contributed by atoms with Gasteiger partial charge in [0.2, 0.25) is 0 Å². The number of nitrogens with zero attached hydrogens (tertiary/aromatic N) is 1. The van der Waals surface area contributed by atoms with E-state index in [0.29, 0.717) is 29.0 Å². The average Bonchev–Trinajstić information content (AvgIpc) is 2.55. The number of rotatable bonds is 6. The molecule has 0 spiro atoms. The summed E-state index contributed by atoms with van der Waals surface area (Å²) in [5, 5.41) is 20.6. The third kappa shape index (κ3) is 4.23. The summed E-state index contributed by atoms with van der Waals surface area (Å²) in [6.45, 7) is 5.87. The first-order valence-corrected chi connectivity index (χ1v) is 7.77. The van der Waals surface area contributed by atoms with Gasteiger partial charge in [-0.15, -0.1) is 0 Å². The summed E-state index contributed by atoms with van der Waals surface area (Å²) in [6, 6.07) is 9.76. The highest BCUT2D eigenvalue weighted by atomic mass is 16.6. The Hall–Kier alpha value is -3.15. The van der Waals surface area contributed by atoms with E-state index < -0.39 is 10.9 Å². The van der Waals surface area contributed by atoms with Crippen LogP contribution >= 0.6 is 0 Å². The first-order chi connectivity index (χ1) is 11.8. The monoisotopic (exact) mass is 341 g/mol. The van der Waals surface area contributed by atoms with Gasteiger partial charge in [-0.2, -0.15) is 0 Å². The standard InChI is InChI=1S/C19H19NO5/c1-4-25-18-8-7-15(9-13(18)3)16(19(21)22)10-14-6-5-12(2)17(11-14)20(23)24/h5-11H,4H2,1-3H3,(H,21,22)/b16-10-. The van der Waals surface area contributed by atoms with Crippen molar-refractivity contribution < 1.29 is 19.6 Å². The zero-order valence-corrected chi connectivity index (χ0v) is 14.3. The Morgan fingerprint density at radius 2 is 1.92 bits per heavy atom. The van der Waals surface area contributed by atoms with E-state index in [9.17, 15) is 20.0 Å². The molecule has 25 heavy (non-hydrogen) atoms. The average molecular weight is 341 g/mol. The Bertz CT molecular complexity index is 855. The van der Waals surface area contributed by atoms with Crippen molar-refractivity contribution in [3.05, 3.63) is 68.8 Å². The number of aliphatic carboxylic acids is 1.